The van der Waals surface area contributed by atoms with Crippen LogP contribution in [0.5, 0.6) is 5.75 Å². The fraction of sp³-hybridized carbons (Fsp3) is 0.667. The first-order valence-electron chi connectivity index (χ1n) is 10.5. The third-order valence-electron chi connectivity index (χ3n) is 6.18. The smallest absolute Gasteiger partial charge is 0.193 e. The van der Waals surface area contributed by atoms with Gasteiger partial charge in [-0.1, -0.05) is 0 Å². The molecule has 3 saturated heterocycles. The lowest BCUT2D eigenvalue weighted by Gasteiger charge is -2.39. The summed E-state index contributed by atoms with van der Waals surface area (Å²) in [5, 5.41) is 3.55. The number of guanidine groups is 1. The number of halogens is 1. The quantitative estimate of drug-likeness (QED) is 0.376. The largest absolute Gasteiger partial charge is 0.497 e. The second kappa shape index (κ2) is 10.7. The van der Waals surface area contributed by atoms with Gasteiger partial charge in [0.1, 0.15) is 5.75 Å². The van der Waals surface area contributed by atoms with E-state index in [9.17, 15) is 0 Å². The SMILES string of the molecule is CN=C(NCC1CN2CCCC2CO1)N1CCN(c2ccc(OC)cc2)CC1.I. The van der Waals surface area contributed by atoms with E-state index in [1.807, 2.05) is 19.2 Å². The lowest BCUT2D eigenvalue weighted by molar-refractivity contribution is -0.0454. The number of hydrogen-bond acceptors (Lipinski definition) is 5. The van der Waals surface area contributed by atoms with Gasteiger partial charge in [-0.05, 0) is 43.7 Å². The fourth-order valence-electron chi connectivity index (χ4n) is 4.52. The number of rotatable bonds is 4. The fourth-order valence-corrected chi connectivity index (χ4v) is 4.52. The molecule has 8 heteroatoms. The molecule has 0 amide bonds. The van der Waals surface area contributed by atoms with Crippen molar-refractivity contribution in [3.8, 4) is 5.75 Å². The van der Waals surface area contributed by atoms with Crippen LogP contribution in [0.15, 0.2) is 29.3 Å². The van der Waals surface area contributed by atoms with Crippen LogP contribution < -0.4 is 15.0 Å². The Morgan fingerprint density at radius 1 is 1.17 bits per heavy atom. The van der Waals surface area contributed by atoms with E-state index in [1.165, 1.54) is 25.1 Å². The van der Waals surface area contributed by atoms with Crippen LogP contribution in [-0.4, -0.2) is 94.5 Å². The normalized spacial score (nSPS) is 25.4. The maximum atomic E-state index is 6.07. The number of fused-ring (bicyclic) bond motifs is 1. The standard InChI is InChI=1S/C21H33N5O2.HI/c1-22-21(23-14-20-15-26-9-3-4-18(26)16-28-20)25-12-10-24(11-13-25)17-5-7-19(27-2)8-6-17;/h5-8,18,20H,3-4,9-16H2,1-2H3,(H,22,23);1H. The van der Waals surface area contributed by atoms with Crippen LogP contribution in [0.4, 0.5) is 5.69 Å². The van der Waals surface area contributed by atoms with Crippen LogP contribution >= 0.6 is 24.0 Å². The highest BCUT2D eigenvalue weighted by molar-refractivity contribution is 14.0. The predicted molar refractivity (Wildman–Crippen MR) is 128 cm³/mol. The topological polar surface area (TPSA) is 52.6 Å². The van der Waals surface area contributed by atoms with Crippen LogP contribution in [-0.2, 0) is 4.74 Å². The Bertz CT molecular complexity index is 664. The lowest BCUT2D eigenvalue weighted by atomic mass is 10.2. The number of nitrogens with zero attached hydrogens (tertiary/aromatic N) is 4. The van der Waals surface area contributed by atoms with Crippen molar-refractivity contribution in [2.75, 3.05) is 71.5 Å². The molecular formula is C21H34IN5O2. The number of anilines is 1. The highest BCUT2D eigenvalue weighted by atomic mass is 127. The number of aliphatic imine (C=N–C) groups is 1. The number of methoxy groups -OCH3 is 1. The Kier molecular flexibility index (Phi) is 8.25. The van der Waals surface area contributed by atoms with Gasteiger partial charge in [0.25, 0.3) is 0 Å². The minimum Gasteiger partial charge on any atom is -0.497 e. The molecule has 3 aliphatic heterocycles. The van der Waals surface area contributed by atoms with Gasteiger partial charge in [-0.2, -0.15) is 0 Å². The van der Waals surface area contributed by atoms with Crippen molar-refractivity contribution in [1.29, 1.82) is 0 Å². The van der Waals surface area contributed by atoms with Gasteiger partial charge in [0, 0.05) is 58.0 Å². The first-order valence-corrected chi connectivity index (χ1v) is 10.5. The Morgan fingerprint density at radius 2 is 1.93 bits per heavy atom. The summed E-state index contributed by atoms with van der Waals surface area (Å²) in [4.78, 5) is 11.9. The Hall–Kier alpha value is -1.26. The van der Waals surface area contributed by atoms with Crippen molar-refractivity contribution in [3.05, 3.63) is 24.3 Å². The van der Waals surface area contributed by atoms with E-state index in [2.05, 4.69) is 37.1 Å². The summed E-state index contributed by atoms with van der Waals surface area (Å²) < 4.78 is 11.3. The first-order chi connectivity index (χ1) is 13.8. The van der Waals surface area contributed by atoms with Crippen molar-refractivity contribution >= 4 is 35.6 Å². The van der Waals surface area contributed by atoms with Gasteiger partial charge < -0.3 is 24.6 Å². The maximum Gasteiger partial charge on any atom is 0.193 e. The summed E-state index contributed by atoms with van der Waals surface area (Å²) in [7, 11) is 3.57. The molecule has 0 spiro atoms. The molecule has 2 unspecified atom stereocenters. The molecule has 1 aromatic rings. The average Bonchev–Trinajstić information content (AvgIpc) is 3.23. The zero-order chi connectivity index (χ0) is 19.3. The third-order valence-corrected chi connectivity index (χ3v) is 6.18. The first kappa shape index (κ1) is 22.4. The zero-order valence-corrected chi connectivity index (χ0v) is 19.9. The summed E-state index contributed by atoms with van der Waals surface area (Å²) in [5.74, 6) is 1.89. The van der Waals surface area contributed by atoms with Crippen molar-refractivity contribution in [3.63, 3.8) is 0 Å². The van der Waals surface area contributed by atoms with Crippen LogP contribution in [0.2, 0.25) is 0 Å². The molecule has 3 fully saturated rings. The Morgan fingerprint density at radius 3 is 2.62 bits per heavy atom. The van der Waals surface area contributed by atoms with E-state index in [0.717, 1.165) is 57.6 Å². The van der Waals surface area contributed by atoms with Gasteiger partial charge in [0.15, 0.2) is 5.96 Å². The highest BCUT2D eigenvalue weighted by Crippen LogP contribution is 2.23. The van der Waals surface area contributed by atoms with E-state index in [1.54, 1.807) is 7.11 Å². The molecule has 0 aromatic heterocycles. The number of piperazine rings is 1. The Labute approximate surface area is 191 Å². The van der Waals surface area contributed by atoms with Crippen molar-refractivity contribution in [1.82, 2.24) is 15.1 Å². The van der Waals surface area contributed by atoms with Gasteiger partial charge in [0.2, 0.25) is 0 Å². The van der Waals surface area contributed by atoms with Crippen molar-refractivity contribution in [2.24, 2.45) is 4.99 Å². The number of ether oxygens (including phenoxy) is 2. The number of benzene rings is 1. The molecule has 0 bridgehead atoms. The lowest BCUT2D eigenvalue weighted by Crippen LogP contribution is -2.55. The van der Waals surface area contributed by atoms with Gasteiger partial charge in [0.05, 0.1) is 19.8 Å². The van der Waals surface area contributed by atoms with Gasteiger partial charge >= 0.3 is 0 Å². The minimum atomic E-state index is 0. The van der Waals surface area contributed by atoms with E-state index in [0.29, 0.717) is 6.04 Å². The summed E-state index contributed by atoms with van der Waals surface area (Å²) in [6.45, 7) is 7.88. The highest BCUT2D eigenvalue weighted by Gasteiger charge is 2.32. The molecule has 1 N–H and O–H groups in total. The molecule has 4 rings (SSSR count). The Balaban J connectivity index is 0.00000240. The number of nitrogens with one attached hydrogen (secondary N) is 1. The van der Waals surface area contributed by atoms with Gasteiger partial charge in [-0.15, -0.1) is 24.0 Å². The molecule has 0 aliphatic carbocycles. The molecule has 3 heterocycles. The molecule has 162 valence electrons. The third kappa shape index (κ3) is 5.46. The number of hydrogen-bond donors (Lipinski definition) is 1. The maximum absolute atomic E-state index is 6.07. The molecule has 2 atom stereocenters. The van der Waals surface area contributed by atoms with E-state index in [-0.39, 0.29) is 30.1 Å². The van der Waals surface area contributed by atoms with Gasteiger partial charge in [-0.3, -0.25) is 9.89 Å². The molecule has 7 nitrogen and oxygen atoms in total. The zero-order valence-electron chi connectivity index (χ0n) is 17.5. The minimum absolute atomic E-state index is 0. The molecule has 0 saturated carbocycles. The van der Waals surface area contributed by atoms with E-state index in [4.69, 9.17) is 9.47 Å². The van der Waals surface area contributed by atoms with Gasteiger partial charge in [-0.25, -0.2) is 0 Å². The van der Waals surface area contributed by atoms with Crippen LogP contribution in [0.25, 0.3) is 0 Å². The van der Waals surface area contributed by atoms with Crippen molar-refractivity contribution < 1.29 is 9.47 Å². The second-order valence-electron chi connectivity index (χ2n) is 7.85. The predicted octanol–water partition coefficient (Wildman–Crippen LogP) is 1.87. The van der Waals surface area contributed by atoms with Crippen LogP contribution in [0, 0.1) is 0 Å². The summed E-state index contributed by atoms with van der Waals surface area (Å²) in [5.41, 5.74) is 1.25. The molecule has 3 aliphatic rings. The molecule has 1 aromatic carbocycles. The van der Waals surface area contributed by atoms with E-state index >= 15 is 0 Å². The van der Waals surface area contributed by atoms with Crippen LogP contribution in [0.1, 0.15) is 12.8 Å². The van der Waals surface area contributed by atoms with E-state index < -0.39 is 0 Å². The monoisotopic (exact) mass is 515 g/mol. The summed E-state index contributed by atoms with van der Waals surface area (Å²) in [6, 6.07) is 8.97. The summed E-state index contributed by atoms with van der Waals surface area (Å²) in [6.07, 6.45) is 2.86. The average molecular weight is 515 g/mol. The molecular weight excluding hydrogens is 481 g/mol. The second-order valence-corrected chi connectivity index (χ2v) is 7.85. The molecule has 0 radical (unpaired) electrons. The van der Waals surface area contributed by atoms with Crippen LogP contribution in [0.3, 0.4) is 0 Å². The molecule has 29 heavy (non-hydrogen) atoms. The van der Waals surface area contributed by atoms with Crippen molar-refractivity contribution in [2.45, 2.75) is 25.0 Å². The summed E-state index contributed by atoms with van der Waals surface area (Å²) >= 11 is 0. The number of morpholine rings is 1.